The van der Waals surface area contributed by atoms with Crippen molar-refractivity contribution >= 4 is 28.1 Å². The number of carbonyl (C=O) groups excluding carboxylic acids is 2. The van der Waals surface area contributed by atoms with Crippen LogP contribution in [0.3, 0.4) is 0 Å². The molecule has 0 fully saturated rings. The van der Waals surface area contributed by atoms with Crippen LogP contribution in [-0.2, 0) is 9.47 Å². The zero-order chi connectivity index (χ0) is 18.3. The zero-order valence-corrected chi connectivity index (χ0v) is 16.4. The molecular formula is C15H29BrN2O5. The molecule has 2 amide bonds. The number of carbonyl (C=O) groups is 2. The number of aliphatic hydroxyl groups excluding tert-OH is 1. The molecule has 0 bridgehead atoms. The fourth-order valence-corrected chi connectivity index (χ4v) is 1.93. The number of nitrogens with one attached hydrogen (secondary N) is 1. The summed E-state index contributed by atoms with van der Waals surface area (Å²) < 4.78 is 10.4. The molecule has 136 valence electrons. The summed E-state index contributed by atoms with van der Waals surface area (Å²) >= 11 is 3.30. The number of halogens is 1. The monoisotopic (exact) mass is 396 g/mol. The molecule has 7 nitrogen and oxygen atoms in total. The van der Waals surface area contributed by atoms with Crippen molar-refractivity contribution in [3.8, 4) is 0 Å². The van der Waals surface area contributed by atoms with E-state index in [1.165, 1.54) is 0 Å². The molecule has 0 aromatic rings. The summed E-state index contributed by atoms with van der Waals surface area (Å²) in [6.45, 7) is 10.0. The highest BCUT2D eigenvalue weighted by molar-refractivity contribution is 9.09. The van der Waals surface area contributed by atoms with E-state index in [9.17, 15) is 14.7 Å². The first-order chi connectivity index (χ1) is 10.4. The normalized spacial score (nSPS) is 13.2. The molecule has 1 atom stereocenters. The van der Waals surface area contributed by atoms with Crippen LogP contribution in [0, 0.1) is 0 Å². The van der Waals surface area contributed by atoms with Crippen molar-refractivity contribution in [2.24, 2.45) is 0 Å². The van der Waals surface area contributed by atoms with Gasteiger partial charge in [0.05, 0.1) is 12.6 Å². The Labute approximate surface area is 146 Å². The number of amides is 2. The van der Waals surface area contributed by atoms with E-state index in [0.29, 0.717) is 6.42 Å². The van der Waals surface area contributed by atoms with Gasteiger partial charge in [0, 0.05) is 5.33 Å². The minimum Gasteiger partial charge on any atom is -0.443 e. The fraction of sp³-hybridized carbons (Fsp3) is 0.867. The maximum absolute atomic E-state index is 12.3. The third-order valence-electron chi connectivity index (χ3n) is 2.45. The molecule has 0 rings (SSSR count). The first kappa shape index (κ1) is 22.0. The van der Waals surface area contributed by atoms with Crippen LogP contribution in [0.4, 0.5) is 9.59 Å². The quantitative estimate of drug-likeness (QED) is 0.550. The van der Waals surface area contributed by atoms with Crippen molar-refractivity contribution in [2.75, 3.05) is 11.9 Å². The number of rotatable bonds is 5. The number of hydrogen-bond acceptors (Lipinski definition) is 5. The van der Waals surface area contributed by atoms with E-state index in [4.69, 9.17) is 9.47 Å². The van der Waals surface area contributed by atoms with Crippen molar-refractivity contribution in [3.63, 3.8) is 0 Å². The smallest absolute Gasteiger partial charge is 0.429 e. The highest BCUT2D eigenvalue weighted by Gasteiger charge is 2.31. The molecule has 0 radical (unpaired) electrons. The molecule has 0 aliphatic rings. The lowest BCUT2D eigenvalue weighted by Gasteiger charge is -2.33. The highest BCUT2D eigenvalue weighted by Crippen LogP contribution is 2.14. The van der Waals surface area contributed by atoms with E-state index >= 15 is 0 Å². The molecule has 0 aliphatic carbocycles. The van der Waals surface area contributed by atoms with Crippen molar-refractivity contribution in [1.82, 2.24) is 10.4 Å². The molecule has 23 heavy (non-hydrogen) atoms. The Kier molecular flexibility index (Phi) is 8.90. The largest absolute Gasteiger partial charge is 0.443 e. The number of nitrogens with zero attached hydrogens (tertiary/aromatic N) is 1. The molecule has 2 N–H and O–H groups in total. The van der Waals surface area contributed by atoms with Gasteiger partial charge in [-0.3, -0.25) is 0 Å². The van der Waals surface area contributed by atoms with Crippen LogP contribution in [0.15, 0.2) is 0 Å². The second kappa shape index (κ2) is 9.32. The van der Waals surface area contributed by atoms with Gasteiger partial charge in [0.1, 0.15) is 11.2 Å². The first-order valence-corrected chi connectivity index (χ1v) is 8.70. The van der Waals surface area contributed by atoms with Gasteiger partial charge < -0.3 is 14.6 Å². The van der Waals surface area contributed by atoms with Crippen LogP contribution in [0.25, 0.3) is 0 Å². The molecule has 0 saturated heterocycles. The Morgan fingerprint density at radius 1 is 1.13 bits per heavy atom. The average molecular weight is 397 g/mol. The first-order valence-electron chi connectivity index (χ1n) is 7.58. The topological polar surface area (TPSA) is 88.1 Å². The standard InChI is InChI=1S/C15H29BrN2O5/c1-14(2,3)22-12(20)17-18(11(10-19)8-7-9-16)13(21)23-15(4,5)6/h11,19H,7-10H2,1-6H3,(H,17,20). The van der Waals surface area contributed by atoms with Gasteiger partial charge in [-0.2, -0.15) is 0 Å². The van der Waals surface area contributed by atoms with Gasteiger partial charge >= 0.3 is 12.2 Å². The maximum atomic E-state index is 12.3. The lowest BCUT2D eigenvalue weighted by atomic mass is 10.1. The van der Waals surface area contributed by atoms with E-state index in [1.54, 1.807) is 41.5 Å². The molecule has 8 heteroatoms. The summed E-state index contributed by atoms with van der Waals surface area (Å²) in [5.74, 6) is 0. The van der Waals surface area contributed by atoms with Gasteiger partial charge in [0.25, 0.3) is 0 Å². The molecule has 0 aromatic heterocycles. The molecule has 1 unspecified atom stereocenters. The van der Waals surface area contributed by atoms with E-state index in [-0.39, 0.29) is 6.61 Å². The number of hydrazine groups is 1. The van der Waals surface area contributed by atoms with Gasteiger partial charge in [-0.05, 0) is 54.4 Å². The number of hydrogen-bond donors (Lipinski definition) is 2. The SMILES string of the molecule is CC(C)(C)OC(=O)NN(C(=O)OC(C)(C)C)C(CO)CCCBr. The van der Waals surface area contributed by atoms with E-state index in [0.717, 1.165) is 16.8 Å². The molecule has 0 aromatic carbocycles. The number of alkyl halides is 1. The van der Waals surface area contributed by atoms with Gasteiger partial charge in [-0.25, -0.2) is 20.0 Å². The maximum Gasteiger partial charge on any atom is 0.429 e. The second-order valence-corrected chi connectivity index (χ2v) is 7.92. The van der Waals surface area contributed by atoms with Crippen molar-refractivity contribution in [3.05, 3.63) is 0 Å². The third kappa shape index (κ3) is 10.4. The van der Waals surface area contributed by atoms with Crippen molar-refractivity contribution in [1.29, 1.82) is 0 Å². The Hall–Kier alpha value is -1.02. The summed E-state index contributed by atoms with van der Waals surface area (Å²) in [6.07, 6.45) is -0.297. The van der Waals surface area contributed by atoms with E-state index in [2.05, 4.69) is 21.4 Å². The Bertz CT molecular complexity index is 390. The predicted molar refractivity (Wildman–Crippen MR) is 91.3 cm³/mol. The van der Waals surface area contributed by atoms with E-state index < -0.39 is 29.4 Å². The second-order valence-electron chi connectivity index (χ2n) is 7.13. The summed E-state index contributed by atoms with van der Waals surface area (Å²) in [4.78, 5) is 24.3. The fourth-order valence-electron chi connectivity index (χ4n) is 1.61. The average Bonchev–Trinajstić information content (AvgIpc) is 2.33. The van der Waals surface area contributed by atoms with Gasteiger partial charge in [-0.1, -0.05) is 15.9 Å². The highest BCUT2D eigenvalue weighted by atomic mass is 79.9. The van der Waals surface area contributed by atoms with Crippen molar-refractivity contribution in [2.45, 2.75) is 71.6 Å². The summed E-state index contributed by atoms with van der Waals surface area (Å²) in [5.41, 5.74) is 0.956. The van der Waals surface area contributed by atoms with E-state index in [1.807, 2.05) is 0 Å². The molecular weight excluding hydrogens is 368 g/mol. The van der Waals surface area contributed by atoms with Crippen LogP contribution in [0.2, 0.25) is 0 Å². The minimum absolute atomic E-state index is 0.304. The molecule has 0 aliphatic heterocycles. The van der Waals surface area contributed by atoms with Gasteiger partial charge in [-0.15, -0.1) is 0 Å². The van der Waals surface area contributed by atoms with Gasteiger partial charge in [0.15, 0.2) is 0 Å². The molecule has 0 saturated carbocycles. The summed E-state index contributed by atoms with van der Waals surface area (Å²) in [5, 5.41) is 11.3. The third-order valence-corrected chi connectivity index (χ3v) is 3.01. The summed E-state index contributed by atoms with van der Waals surface area (Å²) in [6, 6.07) is -0.602. The minimum atomic E-state index is -0.777. The lowest BCUT2D eigenvalue weighted by Crippen LogP contribution is -2.55. The Morgan fingerprint density at radius 2 is 1.65 bits per heavy atom. The number of aliphatic hydroxyl groups is 1. The molecule has 0 heterocycles. The van der Waals surface area contributed by atoms with Crippen LogP contribution in [0.5, 0.6) is 0 Å². The van der Waals surface area contributed by atoms with Crippen LogP contribution in [-0.4, -0.2) is 51.5 Å². The predicted octanol–water partition coefficient (Wildman–Crippen LogP) is 3.20. The Balaban J connectivity index is 5.11. The molecule has 0 spiro atoms. The Morgan fingerprint density at radius 3 is 2.04 bits per heavy atom. The lowest BCUT2D eigenvalue weighted by molar-refractivity contribution is -0.0176. The van der Waals surface area contributed by atoms with Gasteiger partial charge in [0.2, 0.25) is 0 Å². The zero-order valence-electron chi connectivity index (χ0n) is 14.8. The van der Waals surface area contributed by atoms with Crippen molar-refractivity contribution < 1.29 is 24.2 Å². The summed E-state index contributed by atoms with van der Waals surface area (Å²) in [7, 11) is 0. The number of ether oxygens (including phenoxy) is 2. The van der Waals surface area contributed by atoms with Crippen LogP contribution in [0.1, 0.15) is 54.4 Å². The van der Waals surface area contributed by atoms with Crippen LogP contribution >= 0.6 is 15.9 Å². The van der Waals surface area contributed by atoms with Crippen LogP contribution < -0.4 is 5.43 Å².